The van der Waals surface area contributed by atoms with E-state index in [2.05, 4.69) is 15.9 Å². The summed E-state index contributed by atoms with van der Waals surface area (Å²) in [6.07, 6.45) is -5.26. The van der Waals surface area contributed by atoms with Crippen LogP contribution in [0.1, 0.15) is 15.9 Å². The zero-order chi connectivity index (χ0) is 15.5. The summed E-state index contributed by atoms with van der Waals surface area (Å²) in [6, 6.07) is 11.8. The van der Waals surface area contributed by atoms with Crippen LogP contribution in [0.25, 0.3) is 0 Å². The lowest BCUT2D eigenvalue weighted by Gasteiger charge is -2.08. The fraction of sp³-hybridized carbons (Fsp3) is 0.133. The number of rotatable bonds is 3. The van der Waals surface area contributed by atoms with Crippen LogP contribution < -0.4 is 4.74 Å². The first-order chi connectivity index (χ1) is 9.83. The van der Waals surface area contributed by atoms with Crippen molar-refractivity contribution in [3.63, 3.8) is 0 Å². The minimum Gasteiger partial charge on any atom is -0.423 e. The van der Waals surface area contributed by atoms with Gasteiger partial charge in [-0.05, 0) is 42.0 Å². The highest BCUT2D eigenvalue weighted by molar-refractivity contribution is 9.10. The third-order valence-corrected chi connectivity index (χ3v) is 3.15. The van der Waals surface area contributed by atoms with Gasteiger partial charge in [0.1, 0.15) is 5.75 Å². The number of ether oxygens (including phenoxy) is 1. The molecule has 0 N–H and O–H groups in total. The van der Waals surface area contributed by atoms with E-state index in [1.165, 1.54) is 24.3 Å². The number of esters is 1. The molecule has 0 spiro atoms. The maximum absolute atomic E-state index is 12.2. The molecule has 0 heterocycles. The highest BCUT2D eigenvalue weighted by Gasteiger charge is 2.27. The molecule has 0 unspecified atom stereocenters. The summed E-state index contributed by atoms with van der Waals surface area (Å²) in [5.41, 5.74) is 0.475. The Hall–Kier alpha value is -1.82. The summed E-state index contributed by atoms with van der Waals surface area (Å²) in [5.74, 6) is -0.361. The third-order valence-electron chi connectivity index (χ3n) is 2.62. The van der Waals surface area contributed by atoms with E-state index in [1.807, 2.05) is 0 Å². The minimum absolute atomic E-state index is 0.117. The Kier molecular flexibility index (Phi) is 4.67. The zero-order valence-electron chi connectivity index (χ0n) is 10.7. The van der Waals surface area contributed by atoms with Gasteiger partial charge in [0.2, 0.25) is 0 Å². The van der Waals surface area contributed by atoms with E-state index in [0.29, 0.717) is 5.56 Å². The van der Waals surface area contributed by atoms with Crippen LogP contribution in [0.15, 0.2) is 53.0 Å². The van der Waals surface area contributed by atoms with Crippen molar-refractivity contribution in [2.75, 3.05) is 0 Å². The van der Waals surface area contributed by atoms with Crippen LogP contribution in [-0.4, -0.2) is 12.1 Å². The number of hydrogen-bond acceptors (Lipinski definition) is 2. The Balaban J connectivity index is 2.03. The van der Waals surface area contributed by atoms with Crippen LogP contribution in [0.5, 0.6) is 5.75 Å². The summed E-state index contributed by atoms with van der Waals surface area (Å²) in [7, 11) is 0. The maximum atomic E-state index is 12.2. The molecule has 0 aromatic heterocycles. The van der Waals surface area contributed by atoms with E-state index >= 15 is 0 Å². The van der Waals surface area contributed by atoms with Gasteiger partial charge >= 0.3 is 12.1 Å². The SMILES string of the molecule is O=C(Oc1ccc(CC(F)(F)F)cc1)c1ccc(Br)cc1. The Morgan fingerprint density at radius 3 is 2.10 bits per heavy atom. The van der Waals surface area contributed by atoms with Gasteiger partial charge in [-0.25, -0.2) is 4.79 Å². The normalized spacial score (nSPS) is 11.2. The van der Waals surface area contributed by atoms with Crippen molar-refractivity contribution in [2.45, 2.75) is 12.6 Å². The lowest BCUT2D eigenvalue weighted by Crippen LogP contribution is -2.11. The number of benzene rings is 2. The van der Waals surface area contributed by atoms with E-state index in [-0.39, 0.29) is 11.3 Å². The first-order valence-corrected chi connectivity index (χ1v) is 6.76. The molecule has 2 aromatic rings. The molecule has 0 radical (unpaired) electrons. The van der Waals surface area contributed by atoms with Gasteiger partial charge in [-0.1, -0.05) is 28.1 Å². The number of carbonyl (C=O) groups is 1. The van der Waals surface area contributed by atoms with E-state index in [9.17, 15) is 18.0 Å². The van der Waals surface area contributed by atoms with Gasteiger partial charge in [0.25, 0.3) is 0 Å². The molecule has 6 heteroatoms. The molecule has 0 saturated carbocycles. The quantitative estimate of drug-likeness (QED) is 0.583. The second-order valence-electron chi connectivity index (χ2n) is 4.33. The topological polar surface area (TPSA) is 26.3 Å². The van der Waals surface area contributed by atoms with E-state index in [1.54, 1.807) is 24.3 Å². The van der Waals surface area contributed by atoms with Gasteiger partial charge in [0, 0.05) is 4.47 Å². The van der Waals surface area contributed by atoms with E-state index in [4.69, 9.17) is 4.74 Å². The number of halogens is 4. The number of hydrogen-bond donors (Lipinski definition) is 0. The molecule has 2 aromatic carbocycles. The molecule has 0 fully saturated rings. The Bertz CT molecular complexity index is 619. The fourth-order valence-electron chi connectivity index (χ4n) is 1.66. The average Bonchev–Trinajstić information content (AvgIpc) is 2.40. The predicted molar refractivity (Wildman–Crippen MR) is 75.3 cm³/mol. The molecular weight excluding hydrogens is 349 g/mol. The van der Waals surface area contributed by atoms with Crippen LogP contribution in [0, 0.1) is 0 Å². The van der Waals surface area contributed by atoms with Crippen molar-refractivity contribution in [3.8, 4) is 5.75 Å². The Morgan fingerprint density at radius 2 is 1.57 bits per heavy atom. The average molecular weight is 359 g/mol. The third kappa shape index (κ3) is 4.90. The minimum atomic E-state index is -4.25. The van der Waals surface area contributed by atoms with Gasteiger partial charge in [-0.3, -0.25) is 0 Å². The molecule has 0 aliphatic heterocycles. The van der Waals surface area contributed by atoms with Crippen molar-refractivity contribution in [1.82, 2.24) is 0 Å². The highest BCUT2D eigenvalue weighted by atomic mass is 79.9. The lowest BCUT2D eigenvalue weighted by atomic mass is 10.1. The van der Waals surface area contributed by atoms with Crippen LogP contribution in [-0.2, 0) is 6.42 Å². The fourth-order valence-corrected chi connectivity index (χ4v) is 1.92. The second-order valence-corrected chi connectivity index (χ2v) is 5.25. The number of carbonyl (C=O) groups excluding carboxylic acids is 1. The van der Waals surface area contributed by atoms with Crippen LogP contribution >= 0.6 is 15.9 Å². The molecule has 110 valence electrons. The molecular formula is C15H10BrF3O2. The molecule has 0 aliphatic carbocycles. The smallest absolute Gasteiger partial charge is 0.393 e. The first kappa shape index (κ1) is 15.6. The second kappa shape index (κ2) is 6.30. The van der Waals surface area contributed by atoms with Crippen LogP contribution in [0.4, 0.5) is 13.2 Å². The van der Waals surface area contributed by atoms with Gasteiger partial charge in [-0.2, -0.15) is 13.2 Å². The standard InChI is InChI=1S/C15H10BrF3O2/c16-12-5-3-11(4-6-12)14(20)21-13-7-1-10(2-8-13)9-15(17,18)19/h1-8H,9H2. The van der Waals surface area contributed by atoms with Crippen molar-refractivity contribution in [2.24, 2.45) is 0 Å². The van der Waals surface area contributed by atoms with E-state index < -0.39 is 18.6 Å². The zero-order valence-corrected chi connectivity index (χ0v) is 12.2. The van der Waals surface area contributed by atoms with Gasteiger partial charge < -0.3 is 4.74 Å². The number of alkyl halides is 3. The first-order valence-electron chi connectivity index (χ1n) is 5.97. The molecule has 2 rings (SSSR count). The highest BCUT2D eigenvalue weighted by Crippen LogP contribution is 2.23. The monoisotopic (exact) mass is 358 g/mol. The summed E-state index contributed by atoms with van der Waals surface area (Å²) >= 11 is 3.25. The van der Waals surface area contributed by atoms with Gasteiger partial charge in [-0.15, -0.1) is 0 Å². The molecule has 2 nitrogen and oxygen atoms in total. The molecule has 0 bridgehead atoms. The van der Waals surface area contributed by atoms with Crippen molar-refractivity contribution >= 4 is 21.9 Å². The molecule has 0 atom stereocenters. The molecule has 21 heavy (non-hydrogen) atoms. The Morgan fingerprint density at radius 1 is 1.00 bits per heavy atom. The Labute approximate surface area is 127 Å². The van der Waals surface area contributed by atoms with E-state index in [0.717, 1.165) is 4.47 Å². The summed E-state index contributed by atoms with van der Waals surface area (Å²) in [4.78, 5) is 11.8. The molecule has 0 saturated heterocycles. The van der Waals surface area contributed by atoms with Crippen LogP contribution in [0.3, 0.4) is 0 Å². The summed E-state index contributed by atoms with van der Waals surface area (Å²) in [6.45, 7) is 0. The van der Waals surface area contributed by atoms with Gasteiger partial charge in [0.05, 0.1) is 12.0 Å². The van der Waals surface area contributed by atoms with Crippen molar-refractivity contribution < 1.29 is 22.7 Å². The lowest BCUT2D eigenvalue weighted by molar-refractivity contribution is -0.127. The summed E-state index contributed by atoms with van der Waals surface area (Å²) < 4.78 is 42.6. The van der Waals surface area contributed by atoms with Crippen molar-refractivity contribution in [1.29, 1.82) is 0 Å². The molecule has 0 aliphatic rings. The maximum Gasteiger partial charge on any atom is 0.393 e. The molecule has 0 amide bonds. The predicted octanol–water partition coefficient (Wildman–Crippen LogP) is 4.77. The van der Waals surface area contributed by atoms with Crippen LogP contribution in [0.2, 0.25) is 0 Å². The van der Waals surface area contributed by atoms with Gasteiger partial charge in [0.15, 0.2) is 0 Å². The van der Waals surface area contributed by atoms with Crippen molar-refractivity contribution in [3.05, 3.63) is 64.1 Å². The summed E-state index contributed by atoms with van der Waals surface area (Å²) in [5, 5.41) is 0. The largest absolute Gasteiger partial charge is 0.423 e.